The first kappa shape index (κ1) is 19.0. The number of carboxylic acids is 1. The van der Waals surface area contributed by atoms with Crippen LogP contribution in [0.25, 0.3) is 0 Å². The van der Waals surface area contributed by atoms with E-state index in [1.807, 2.05) is 24.3 Å². The van der Waals surface area contributed by atoms with Gasteiger partial charge in [-0.1, -0.05) is 30.3 Å². The van der Waals surface area contributed by atoms with Crippen LogP contribution >= 0.6 is 0 Å². The van der Waals surface area contributed by atoms with Gasteiger partial charge < -0.3 is 15.3 Å². The van der Waals surface area contributed by atoms with Crippen molar-refractivity contribution < 1.29 is 14.7 Å². The molecular weight excluding hydrogens is 340 g/mol. The number of carbonyl (C=O) groups excluding carboxylic acids is 1. The molecule has 0 saturated carbocycles. The minimum Gasteiger partial charge on any atom is -0.481 e. The number of nitrogens with one attached hydrogen (secondary N) is 1. The fourth-order valence-corrected chi connectivity index (χ4v) is 3.56. The van der Waals surface area contributed by atoms with Crippen molar-refractivity contribution in [2.24, 2.45) is 0 Å². The van der Waals surface area contributed by atoms with Gasteiger partial charge in [-0.2, -0.15) is 0 Å². The Labute approximate surface area is 160 Å². The van der Waals surface area contributed by atoms with E-state index in [-0.39, 0.29) is 12.3 Å². The minimum absolute atomic E-state index is 0.0676. The number of carboxylic acid groups (broad SMARTS) is 1. The van der Waals surface area contributed by atoms with E-state index in [0.29, 0.717) is 24.4 Å². The van der Waals surface area contributed by atoms with Gasteiger partial charge in [0.05, 0.1) is 0 Å². The maximum absolute atomic E-state index is 12.1. The molecule has 0 radical (unpaired) electrons. The molecule has 5 nitrogen and oxygen atoms in total. The summed E-state index contributed by atoms with van der Waals surface area (Å²) in [5, 5.41) is 11.4. The molecule has 1 amide bonds. The van der Waals surface area contributed by atoms with Gasteiger partial charge in [-0.05, 0) is 55.0 Å². The summed E-state index contributed by atoms with van der Waals surface area (Å²) in [6, 6.07) is 18.4. The number of rotatable bonds is 7. The molecule has 0 unspecified atom stereocenters. The number of anilines is 1. The summed E-state index contributed by atoms with van der Waals surface area (Å²) in [7, 11) is 0. The quantitative estimate of drug-likeness (QED) is 0.734. The van der Waals surface area contributed by atoms with Crippen molar-refractivity contribution >= 4 is 17.6 Å². The van der Waals surface area contributed by atoms with E-state index in [1.54, 1.807) is 0 Å². The van der Waals surface area contributed by atoms with Crippen molar-refractivity contribution in [2.75, 3.05) is 24.5 Å². The predicted molar refractivity (Wildman–Crippen MR) is 106 cm³/mol. The lowest BCUT2D eigenvalue weighted by Crippen LogP contribution is -2.33. The Hall–Kier alpha value is -2.82. The first-order valence-electron chi connectivity index (χ1n) is 9.53. The van der Waals surface area contributed by atoms with Gasteiger partial charge in [0.1, 0.15) is 0 Å². The Kier molecular flexibility index (Phi) is 6.47. The normalized spacial score (nSPS) is 14.7. The summed E-state index contributed by atoms with van der Waals surface area (Å²) in [4.78, 5) is 25.0. The number of benzene rings is 2. The zero-order chi connectivity index (χ0) is 19.1. The fraction of sp³-hybridized carbons (Fsp3) is 0.364. The third-order valence-electron chi connectivity index (χ3n) is 5.11. The molecule has 1 heterocycles. The molecule has 1 fully saturated rings. The van der Waals surface area contributed by atoms with E-state index < -0.39 is 5.97 Å². The Bertz CT molecular complexity index is 751. The third-order valence-corrected chi connectivity index (χ3v) is 5.11. The summed E-state index contributed by atoms with van der Waals surface area (Å²) in [5.41, 5.74) is 3.17. The van der Waals surface area contributed by atoms with Crippen molar-refractivity contribution in [1.29, 1.82) is 0 Å². The van der Waals surface area contributed by atoms with Crippen molar-refractivity contribution in [3.05, 3.63) is 65.7 Å². The summed E-state index contributed by atoms with van der Waals surface area (Å²) in [5.74, 6) is -0.377. The monoisotopic (exact) mass is 366 g/mol. The number of amides is 1. The van der Waals surface area contributed by atoms with Crippen LogP contribution < -0.4 is 10.2 Å². The molecular formula is C22H26N2O3. The summed E-state index contributed by atoms with van der Waals surface area (Å²) in [6.07, 6.45) is 2.78. The first-order valence-corrected chi connectivity index (χ1v) is 9.53. The molecule has 1 saturated heterocycles. The molecule has 0 bridgehead atoms. The van der Waals surface area contributed by atoms with Crippen LogP contribution in [0.1, 0.15) is 47.5 Å². The Balaban J connectivity index is 1.49. The summed E-state index contributed by atoms with van der Waals surface area (Å²) in [6.45, 7) is 2.40. The molecule has 27 heavy (non-hydrogen) atoms. The number of piperidine rings is 1. The minimum atomic E-state index is -0.843. The van der Waals surface area contributed by atoms with E-state index in [4.69, 9.17) is 5.11 Å². The van der Waals surface area contributed by atoms with E-state index in [0.717, 1.165) is 31.6 Å². The number of nitrogens with zero attached hydrogens (tertiary/aromatic N) is 1. The lowest BCUT2D eigenvalue weighted by atomic mass is 9.89. The lowest BCUT2D eigenvalue weighted by Gasteiger charge is -2.34. The molecule has 2 N–H and O–H groups in total. The highest BCUT2D eigenvalue weighted by Crippen LogP contribution is 2.30. The van der Waals surface area contributed by atoms with E-state index in [9.17, 15) is 9.59 Å². The van der Waals surface area contributed by atoms with Gasteiger partial charge in [0.2, 0.25) is 0 Å². The van der Waals surface area contributed by atoms with Crippen LogP contribution in [0.2, 0.25) is 0 Å². The maximum Gasteiger partial charge on any atom is 0.303 e. The zero-order valence-electron chi connectivity index (χ0n) is 15.4. The van der Waals surface area contributed by atoms with Gasteiger partial charge in [0.15, 0.2) is 0 Å². The van der Waals surface area contributed by atoms with Crippen LogP contribution in [0.15, 0.2) is 54.6 Å². The molecule has 5 heteroatoms. The van der Waals surface area contributed by atoms with Crippen molar-refractivity contribution in [1.82, 2.24) is 5.32 Å². The SMILES string of the molecule is O=C(O)CCCNC(=O)c1ccc(N2CCC(c3ccccc3)CC2)cc1. The second kappa shape index (κ2) is 9.21. The second-order valence-corrected chi connectivity index (χ2v) is 6.97. The molecule has 0 aliphatic carbocycles. The Morgan fingerprint density at radius 3 is 2.30 bits per heavy atom. The average molecular weight is 366 g/mol. The van der Waals surface area contributed by atoms with Crippen LogP contribution in [0, 0.1) is 0 Å². The van der Waals surface area contributed by atoms with Crippen LogP contribution in [-0.4, -0.2) is 36.6 Å². The largest absolute Gasteiger partial charge is 0.481 e. The zero-order valence-corrected chi connectivity index (χ0v) is 15.4. The number of carbonyl (C=O) groups is 2. The number of hydrogen-bond acceptors (Lipinski definition) is 3. The van der Waals surface area contributed by atoms with Gasteiger partial charge in [0, 0.05) is 37.3 Å². The van der Waals surface area contributed by atoms with Crippen molar-refractivity contribution in [2.45, 2.75) is 31.6 Å². The smallest absolute Gasteiger partial charge is 0.303 e. The number of hydrogen-bond donors (Lipinski definition) is 2. The van der Waals surface area contributed by atoms with Gasteiger partial charge in [0.25, 0.3) is 5.91 Å². The van der Waals surface area contributed by atoms with Gasteiger partial charge in [-0.25, -0.2) is 0 Å². The molecule has 2 aromatic rings. The van der Waals surface area contributed by atoms with E-state index >= 15 is 0 Å². The Morgan fingerprint density at radius 1 is 1.00 bits per heavy atom. The standard InChI is InChI=1S/C22H26N2O3/c25-21(26)7-4-14-23-22(27)19-8-10-20(11-9-19)24-15-12-18(13-16-24)17-5-2-1-3-6-17/h1-3,5-6,8-11,18H,4,7,12-16H2,(H,23,27)(H,25,26). The highest BCUT2D eigenvalue weighted by Gasteiger charge is 2.20. The molecule has 2 aromatic carbocycles. The van der Waals surface area contributed by atoms with Crippen LogP contribution in [-0.2, 0) is 4.79 Å². The van der Waals surface area contributed by atoms with Gasteiger partial charge in [-0.3, -0.25) is 9.59 Å². The van der Waals surface area contributed by atoms with E-state index in [2.05, 4.69) is 40.5 Å². The first-order chi connectivity index (χ1) is 13.1. The molecule has 0 aromatic heterocycles. The molecule has 1 aliphatic heterocycles. The van der Waals surface area contributed by atoms with Crippen molar-refractivity contribution in [3.8, 4) is 0 Å². The third kappa shape index (κ3) is 5.33. The topological polar surface area (TPSA) is 69.6 Å². The van der Waals surface area contributed by atoms with Crippen LogP contribution in [0.5, 0.6) is 0 Å². The highest BCUT2D eigenvalue weighted by molar-refractivity contribution is 5.94. The molecule has 142 valence electrons. The highest BCUT2D eigenvalue weighted by atomic mass is 16.4. The van der Waals surface area contributed by atoms with Crippen LogP contribution in [0.4, 0.5) is 5.69 Å². The van der Waals surface area contributed by atoms with Gasteiger partial charge >= 0.3 is 5.97 Å². The summed E-state index contributed by atoms with van der Waals surface area (Å²) < 4.78 is 0. The molecule has 0 spiro atoms. The average Bonchev–Trinajstić information content (AvgIpc) is 2.72. The van der Waals surface area contributed by atoms with Crippen LogP contribution in [0.3, 0.4) is 0 Å². The van der Waals surface area contributed by atoms with Gasteiger partial charge in [-0.15, -0.1) is 0 Å². The molecule has 3 rings (SSSR count). The molecule has 1 aliphatic rings. The Morgan fingerprint density at radius 2 is 1.67 bits per heavy atom. The molecule has 0 atom stereocenters. The second-order valence-electron chi connectivity index (χ2n) is 6.97. The summed E-state index contributed by atoms with van der Waals surface area (Å²) >= 11 is 0. The predicted octanol–water partition coefficient (Wildman–Crippen LogP) is 3.67. The fourth-order valence-electron chi connectivity index (χ4n) is 3.56. The maximum atomic E-state index is 12.1. The lowest BCUT2D eigenvalue weighted by molar-refractivity contribution is -0.137. The van der Waals surface area contributed by atoms with Crippen molar-refractivity contribution in [3.63, 3.8) is 0 Å². The van der Waals surface area contributed by atoms with E-state index in [1.165, 1.54) is 5.56 Å². The number of aliphatic carboxylic acids is 1.